The molecule has 0 N–H and O–H groups in total. The highest BCUT2D eigenvalue weighted by Gasteiger charge is 2.27. The van der Waals surface area contributed by atoms with Gasteiger partial charge in [-0.2, -0.15) is 4.31 Å². The van der Waals surface area contributed by atoms with Gasteiger partial charge in [0.1, 0.15) is 0 Å². The second-order valence-electron chi connectivity index (χ2n) is 7.86. The molecular weight excluding hydrogens is 408 g/mol. The maximum Gasteiger partial charge on any atom is 0.253 e. The first-order chi connectivity index (χ1) is 14.9. The zero-order chi connectivity index (χ0) is 21.8. The van der Waals surface area contributed by atoms with Crippen LogP contribution >= 0.6 is 0 Å². The van der Waals surface area contributed by atoms with E-state index in [9.17, 15) is 13.2 Å². The monoisotopic (exact) mass is 434 g/mol. The lowest BCUT2D eigenvalue weighted by Gasteiger charge is -2.18. The van der Waals surface area contributed by atoms with Crippen molar-refractivity contribution in [1.29, 1.82) is 0 Å². The molecule has 3 aromatic carbocycles. The summed E-state index contributed by atoms with van der Waals surface area (Å²) in [7, 11) is -1.64. The first-order valence-corrected chi connectivity index (χ1v) is 11.9. The van der Waals surface area contributed by atoms with E-state index in [1.165, 1.54) is 0 Å². The molecule has 31 heavy (non-hydrogen) atoms. The molecule has 6 heteroatoms. The average Bonchev–Trinajstić information content (AvgIpc) is 3.35. The lowest BCUT2D eigenvalue weighted by Crippen LogP contribution is -2.27. The van der Waals surface area contributed by atoms with Crippen LogP contribution in [-0.4, -0.2) is 43.7 Å². The highest BCUT2D eigenvalue weighted by atomic mass is 32.2. The Hall–Kier alpha value is -2.96. The number of carbonyl (C=O) groups excluding carboxylic acids is 1. The molecule has 0 saturated carbocycles. The molecule has 0 unspecified atom stereocenters. The third kappa shape index (κ3) is 4.70. The Morgan fingerprint density at radius 3 is 2.23 bits per heavy atom. The van der Waals surface area contributed by atoms with Gasteiger partial charge in [0.15, 0.2) is 0 Å². The Bertz CT molecular complexity index is 1150. The summed E-state index contributed by atoms with van der Waals surface area (Å²) in [4.78, 5) is 14.9. The zero-order valence-electron chi connectivity index (χ0n) is 17.6. The first kappa shape index (κ1) is 21.3. The van der Waals surface area contributed by atoms with Gasteiger partial charge in [-0.3, -0.25) is 4.79 Å². The van der Waals surface area contributed by atoms with Crippen LogP contribution in [0.25, 0.3) is 11.1 Å². The first-order valence-electron chi connectivity index (χ1n) is 10.5. The van der Waals surface area contributed by atoms with E-state index in [2.05, 4.69) is 0 Å². The number of hydrogen-bond donors (Lipinski definition) is 0. The van der Waals surface area contributed by atoms with E-state index in [1.807, 2.05) is 48.5 Å². The summed E-state index contributed by atoms with van der Waals surface area (Å²) >= 11 is 0. The van der Waals surface area contributed by atoms with Crippen LogP contribution in [0.4, 0.5) is 0 Å². The third-order valence-corrected chi connectivity index (χ3v) is 7.52. The van der Waals surface area contributed by atoms with Gasteiger partial charge in [0.05, 0.1) is 4.90 Å². The molecule has 1 aliphatic heterocycles. The number of sulfonamides is 1. The lowest BCUT2D eigenvalue weighted by atomic mass is 10.0. The van der Waals surface area contributed by atoms with E-state index in [-0.39, 0.29) is 5.91 Å². The molecule has 0 aromatic heterocycles. The van der Waals surface area contributed by atoms with E-state index >= 15 is 0 Å². The SMILES string of the molecule is CN(Cc1ccccc1)C(=O)c1cccc(-c2ccc(S(=O)(=O)N3CCCC3)cc2)c1. The zero-order valence-corrected chi connectivity index (χ0v) is 18.4. The van der Waals surface area contributed by atoms with Crippen molar-refractivity contribution in [1.82, 2.24) is 9.21 Å². The molecule has 0 atom stereocenters. The molecule has 3 aromatic rings. The van der Waals surface area contributed by atoms with Gasteiger partial charge in [0.25, 0.3) is 5.91 Å². The number of amides is 1. The Kier molecular flexibility index (Phi) is 6.20. The molecule has 0 radical (unpaired) electrons. The maximum absolute atomic E-state index is 12.9. The van der Waals surface area contributed by atoms with Crippen LogP contribution in [0.15, 0.2) is 83.8 Å². The fourth-order valence-electron chi connectivity index (χ4n) is 3.88. The van der Waals surface area contributed by atoms with Crippen LogP contribution in [-0.2, 0) is 16.6 Å². The van der Waals surface area contributed by atoms with Crippen molar-refractivity contribution in [2.24, 2.45) is 0 Å². The van der Waals surface area contributed by atoms with E-state index < -0.39 is 10.0 Å². The van der Waals surface area contributed by atoms with E-state index in [1.54, 1.807) is 46.6 Å². The fraction of sp³-hybridized carbons (Fsp3) is 0.240. The Labute approximate surface area is 184 Å². The Morgan fingerprint density at radius 2 is 1.55 bits per heavy atom. The number of carbonyl (C=O) groups is 1. The van der Waals surface area contributed by atoms with Crippen molar-refractivity contribution >= 4 is 15.9 Å². The molecule has 1 aliphatic rings. The molecule has 1 heterocycles. The van der Waals surface area contributed by atoms with E-state index in [0.717, 1.165) is 29.5 Å². The number of rotatable bonds is 6. The summed E-state index contributed by atoms with van der Waals surface area (Å²) in [6.07, 6.45) is 1.83. The second-order valence-corrected chi connectivity index (χ2v) is 9.80. The summed E-state index contributed by atoms with van der Waals surface area (Å²) < 4.78 is 27.0. The summed E-state index contributed by atoms with van der Waals surface area (Å²) in [5.41, 5.74) is 3.43. The predicted molar refractivity (Wildman–Crippen MR) is 122 cm³/mol. The molecule has 160 valence electrons. The van der Waals surface area contributed by atoms with Crippen LogP contribution in [0, 0.1) is 0 Å². The van der Waals surface area contributed by atoms with Gasteiger partial charge in [-0.1, -0.05) is 54.6 Å². The van der Waals surface area contributed by atoms with Crippen molar-refractivity contribution in [3.63, 3.8) is 0 Å². The molecule has 1 fully saturated rings. The van der Waals surface area contributed by atoms with E-state index in [4.69, 9.17) is 0 Å². The molecular formula is C25H26N2O3S. The molecule has 0 bridgehead atoms. The van der Waals surface area contributed by atoms with Gasteiger partial charge in [-0.15, -0.1) is 0 Å². The lowest BCUT2D eigenvalue weighted by molar-refractivity contribution is 0.0785. The van der Waals surface area contributed by atoms with Crippen LogP contribution in [0.2, 0.25) is 0 Å². The largest absolute Gasteiger partial charge is 0.337 e. The van der Waals surface area contributed by atoms with Crippen LogP contribution in [0.3, 0.4) is 0 Å². The standard InChI is InChI=1S/C25H26N2O3S/c1-26(19-20-8-3-2-4-9-20)25(28)23-11-7-10-22(18-23)21-12-14-24(15-13-21)31(29,30)27-16-5-6-17-27/h2-4,7-15,18H,5-6,16-17,19H2,1H3. The quantitative estimate of drug-likeness (QED) is 0.577. The van der Waals surface area contributed by atoms with Gasteiger partial charge in [0, 0.05) is 32.2 Å². The summed E-state index contributed by atoms with van der Waals surface area (Å²) in [5.74, 6) is -0.0565. The average molecular weight is 435 g/mol. The van der Waals surface area contributed by atoms with E-state index in [0.29, 0.717) is 30.1 Å². The molecule has 4 rings (SSSR count). The molecule has 5 nitrogen and oxygen atoms in total. The van der Waals surface area contributed by atoms with Crippen LogP contribution in [0.5, 0.6) is 0 Å². The predicted octanol–water partition coefficient (Wildman–Crippen LogP) is 4.41. The van der Waals surface area contributed by atoms with Crippen molar-refractivity contribution in [2.75, 3.05) is 20.1 Å². The Balaban J connectivity index is 1.52. The maximum atomic E-state index is 12.9. The molecule has 1 amide bonds. The molecule has 0 spiro atoms. The topological polar surface area (TPSA) is 57.7 Å². The summed E-state index contributed by atoms with van der Waals surface area (Å²) in [6, 6.07) is 24.2. The highest BCUT2D eigenvalue weighted by Crippen LogP contribution is 2.26. The highest BCUT2D eigenvalue weighted by molar-refractivity contribution is 7.89. The smallest absolute Gasteiger partial charge is 0.253 e. The second kappa shape index (κ2) is 9.04. The van der Waals surface area contributed by atoms with Crippen molar-refractivity contribution in [2.45, 2.75) is 24.3 Å². The van der Waals surface area contributed by atoms with Crippen molar-refractivity contribution in [3.8, 4) is 11.1 Å². The third-order valence-electron chi connectivity index (χ3n) is 5.61. The minimum Gasteiger partial charge on any atom is -0.337 e. The Morgan fingerprint density at radius 1 is 0.871 bits per heavy atom. The normalized spacial score (nSPS) is 14.5. The van der Waals surface area contributed by atoms with Gasteiger partial charge in [0.2, 0.25) is 10.0 Å². The number of hydrogen-bond acceptors (Lipinski definition) is 3. The van der Waals surface area contributed by atoms with Crippen LogP contribution < -0.4 is 0 Å². The number of nitrogens with zero attached hydrogens (tertiary/aromatic N) is 2. The molecule has 0 aliphatic carbocycles. The molecule has 1 saturated heterocycles. The van der Waals surface area contributed by atoms with Crippen LogP contribution in [0.1, 0.15) is 28.8 Å². The van der Waals surface area contributed by atoms with Gasteiger partial charge in [-0.25, -0.2) is 8.42 Å². The minimum atomic E-state index is -3.43. The summed E-state index contributed by atoms with van der Waals surface area (Å²) in [6.45, 7) is 1.71. The fourth-order valence-corrected chi connectivity index (χ4v) is 5.40. The summed E-state index contributed by atoms with van der Waals surface area (Å²) in [5, 5.41) is 0. The number of benzene rings is 3. The van der Waals surface area contributed by atoms with Gasteiger partial charge in [-0.05, 0) is 53.8 Å². The van der Waals surface area contributed by atoms with Gasteiger partial charge >= 0.3 is 0 Å². The minimum absolute atomic E-state index is 0.0565. The van der Waals surface area contributed by atoms with Gasteiger partial charge < -0.3 is 4.90 Å². The van der Waals surface area contributed by atoms with Crippen molar-refractivity contribution < 1.29 is 13.2 Å². The van der Waals surface area contributed by atoms with Crippen molar-refractivity contribution in [3.05, 3.63) is 90.0 Å².